The van der Waals surface area contributed by atoms with Crippen molar-refractivity contribution >= 4 is 107 Å². The Morgan fingerprint density at radius 2 is 0.539 bits per heavy atom. The minimum atomic E-state index is -0.478. The molecule has 0 fully saturated rings. The van der Waals surface area contributed by atoms with Crippen LogP contribution in [0.15, 0.2) is 413 Å². The van der Waals surface area contributed by atoms with Crippen LogP contribution in [0.1, 0.15) is 47.2 Å². The summed E-state index contributed by atoms with van der Waals surface area (Å²) in [4.78, 5) is 31.6. The Balaban J connectivity index is 0.000000137. The number of hydrogen-bond acceptors (Lipinski definition) is 8. The van der Waals surface area contributed by atoms with Gasteiger partial charge in [-0.1, -0.05) is 347 Å². The van der Waals surface area contributed by atoms with Gasteiger partial charge in [-0.3, -0.25) is 0 Å². The zero-order chi connectivity index (χ0) is 84.5. The molecular formula is C118H74N8S2. The molecule has 0 bridgehead atoms. The van der Waals surface area contributed by atoms with Crippen molar-refractivity contribution in [3.8, 4) is 135 Å². The smallest absolute Gasteiger partial charge is 0.164 e. The zero-order valence-electron chi connectivity index (χ0n) is 69.7. The van der Waals surface area contributed by atoms with Crippen molar-refractivity contribution in [1.82, 2.24) is 39.0 Å². The summed E-state index contributed by atoms with van der Waals surface area (Å²) in [5, 5.41) is 10.1. The fraction of sp³-hybridized carbons (Fsp3) is 0.0339. The average molecular weight is 1670 g/mol. The molecule has 128 heavy (non-hydrogen) atoms. The number of nitrogens with zero attached hydrogens (tertiary/aromatic N) is 8. The number of fused-ring (bicyclic) bond motifs is 25. The molecule has 6 heterocycles. The second kappa shape index (κ2) is 28.8. The average Bonchev–Trinajstić information content (AvgIpc) is 1.50. The van der Waals surface area contributed by atoms with Crippen LogP contribution in [0, 0.1) is 0 Å². The topological polar surface area (TPSA) is 87.2 Å². The normalized spacial score (nSPS) is 13.0. The molecule has 3 aliphatic rings. The van der Waals surface area contributed by atoms with Gasteiger partial charge in [0, 0.05) is 112 Å². The van der Waals surface area contributed by atoms with Crippen molar-refractivity contribution in [1.29, 1.82) is 0 Å². The molecule has 27 rings (SSSR count). The van der Waals surface area contributed by atoms with Gasteiger partial charge in [-0.2, -0.15) is 0 Å². The largest absolute Gasteiger partial charge is 0.309 e. The number of benzene rings is 18. The van der Waals surface area contributed by atoms with Crippen LogP contribution in [0.4, 0.5) is 0 Å². The second-order valence-electron chi connectivity index (χ2n) is 34.2. The van der Waals surface area contributed by atoms with Gasteiger partial charge in [0.25, 0.3) is 0 Å². The molecule has 0 saturated heterocycles. The van der Waals surface area contributed by atoms with Crippen molar-refractivity contribution in [2.75, 3.05) is 0 Å². The molecule has 18 aromatic carbocycles. The minimum absolute atomic E-state index is 0.138. The maximum Gasteiger partial charge on any atom is 0.164 e. The highest BCUT2D eigenvalue weighted by molar-refractivity contribution is 7.26. The van der Waals surface area contributed by atoms with Gasteiger partial charge in [-0.25, -0.2) is 29.9 Å². The third kappa shape index (κ3) is 11.2. The van der Waals surface area contributed by atoms with E-state index in [1.54, 1.807) is 0 Å². The van der Waals surface area contributed by atoms with Gasteiger partial charge in [0.05, 0.1) is 27.5 Å². The molecule has 1 spiro atoms. The zero-order valence-corrected chi connectivity index (χ0v) is 71.3. The fourth-order valence-electron chi connectivity index (χ4n) is 21.3. The Morgan fingerprint density at radius 1 is 0.203 bits per heavy atom. The van der Waals surface area contributed by atoms with E-state index in [4.69, 9.17) is 29.9 Å². The van der Waals surface area contributed by atoms with Crippen molar-refractivity contribution < 1.29 is 0 Å². The summed E-state index contributed by atoms with van der Waals surface area (Å²) in [6.45, 7) is 4.62. The summed E-state index contributed by atoms with van der Waals surface area (Å²) in [6, 6.07) is 149. The standard InChI is InChI=1S/C64H38N4S.C54H36N4S/c1-2-17-39(18-3-1)61-65-62(67-63(66-61)50-27-15-31-54-59(50)48-24-6-11-30-53(48)64(54)51-28-9-4-21-44(51)45-22-5-10-29-52(45)64)41-19-14-20-42(37-41)68-55-32-12-7-23-46(55)47-36-35-40(38-56(47)68)43-26-16-34-58-60(43)49-25-8-13-33-57(49)69-58;1-54(2)44-22-9-6-18-39(44)40-28-27-36(31-45(40)54)53-56-51(33-14-4-3-5-15-33)55-52(57-53)35-16-12-17-37(30-35)58-46-23-10-7-19-41(46)42-29-26-34(32-47(42)58)38-21-13-25-49-50(38)43-20-8-11-24-48(43)59-49/h1-38H;3-32H,1-2H3. The Morgan fingerprint density at radius 3 is 1.05 bits per heavy atom. The van der Waals surface area contributed by atoms with Crippen molar-refractivity contribution in [2.24, 2.45) is 0 Å². The molecule has 598 valence electrons. The van der Waals surface area contributed by atoms with Gasteiger partial charge in [0.1, 0.15) is 0 Å². The van der Waals surface area contributed by atoms with Gasteiger partial charge in [0.15, 0.2) is 34.9 Å². The molecular weight excluding hydrogens is 1590 g/mol. The van der Waals surface area contributed by atoms with Crippen LogP contribution in [0.5, 0.6) is 0 Å². The van der Waals surface area contributed by atoms with Crippen LogP contribution >= 0.6 is 22.7 Å². The van der Waals surface area contributed by atoms with Crippen molar-refractivity contribution in [3.05, 3.63) is 446 Å². The van der Waals surface area contributed by atoms with E-state index >= 15 is 0 Å². The van der Waals surface area contributed by atoms with Crippen LogP contribution in [0.25, 0.3) is 219 Å². The molecule has 0 radical (unpaired) electrons. The number of hydrogen-bond donors (Lipinski definition) is 0. The predicted octanol–water partition coefficient (Wildman–Crippen LogP) is 30.7. The first-order valence-electron chi connectivity index (χ1n) is 43.6. The Kier molecular flexibility index (Phi) is 16.5. The fourth-order valence-corrected chi connectivity index (χ4v) is 23.6. The van der Waals surface area contributed by atoms with E-state index in [-0.39, 0.29) is 5.41 Å². The highest BCUT2D eigenvalue weighted by Gasteiger charge is 2.52. The quantitative estimate of drug-likeness (QED) is 0.136. The maximum atomic E-state index is 5.47. The molecule has 10 heteroatoms. The molecule has 0 atom stereocenters. The first kappa shape index (κ1) is 73.5. The van der Waals surface area contributed by atoms with E-state index in [1.165, 1.54) is 145 Å². The lowest BCUT2D eigenvalue weighted by Gasteiger charge is -2.30. The van der Waals surface area contributed by atoms with Crippen LogP contribution in [-0.4, -0.2) is 39.0 Å². The van der Waals surface area contributed by atoms with E-state index in [9.17, 15) is 0 Å². The molecule has 8 nitrogen and oxygen atoms in total. The first-order valence-corrected chi connectivity index (χ1v) is 45.3. The van der Waals surface area contributed by atoms with Crippen molar-refractivity contribution in [2.45, 2.75) is 24.7 Å². The van der Waals surface area contributed by atoms with Crippen LogP contribution in [0.2, 0.25) is 0 Å². The molecule has 24 aromatic rings. The van der Waals surface area contributed by atoms with Gasteiger partial charge in [-0.15, -0.1) is 22.7 Å². The van der Waals surface area contributed by atoms with E-state index in [1.807, 2.05) is 59.1 Å². The summed E-state index contributed by atoms with van der Waals surface area (Å²) in [7, 11) is 0. The molecule has 0 N–H and O–H groups in total. The van der Waals surface area contributed by atoms with E-state index in [0.29, 0.717) is 34.9 Å². The highest BCUT2D eigenvalue weighted by Crippen LogP contribution is 2.64. The molecule has 0 amide bonds. The predicted molar refractivity (Wildman–Crippen MR) is 531 cm³/mol. The summed E-state index contributed by atoms with van der Waals surface area (Å²) < 4.78 is 10.0. The second-order valence-corrected chi connectivity index (χ2v) is 36.4. The third-order valence-electron chi connectivity index (χ3n) is 26.9. The summed E-state index contributed by atoms with van der Waals surface area (Å²) in [6.07, 6.45) is 0. The molecule has 6 aromatic heterocycles. The number of para-hydroxylation sites is 2. The van der Waals surface area contributed by atoms with Gasteiger partial charge in [0.2, 0.25) is 0 Å². The molecule has 0 saturated carbocycles. The van der Waals surface area contributed by atoms with Gasteiger partial charge < -0.3 is 9.13 Å². The lowest BCUT2D eigenvalue weighted by atomic mass is 9.70. The van der Waals surface area contributed by atoms with Crippen LogP contribution in [0.3, 0.4) is 0 Å². The Bertz CT molecular complexity index is 8720. The Hall–Kier alpha value is -16.0. The highest BCUT2D eigenvalue weighted by atomic mass is 32.1. The molecule has 0 unspecified atom stereocenters. The van der Waals surface area contributed by atoms with Crippen molar-refractivity contribution in [3.63, 3.8) is 0 Å². The van der Waals surface area contributed by atoms with Gasteiger partial charge in [-0.05, 0) is 168 Å². The van der Waals surface area contributed by atoms with Gasteiger partial charge >= 0.3 is 0 Å². The summed E-state index contributed by atoms with van der Waals surface area (Å²) >= 11 is 3.71. The molecule has 0 aliphatic heterocycles. The summed E-state index contributed by atoms with van der Waals surface area (Å²) in [5.74, 6) is 3.84. The van der Waals surface area contributed by atoms with E-state index in [2.05, 4.69) is 399 Å². The number of rotatable bonds is 10. The first-order chi connectivity index (χ1) is 63.2. The van der Waals surface area contributed by atoms with E-state index < -0.39 is 5.41 Å². The SMILES string of the molecule is CC1(C)c2ccccc2-c2ccc(-c3nc(-c4ccccc4)nc(-c4cccc(-n5c6ccccc6c6ccc(-c7cccc8sc9ccccc9c78)cc65)c4)n3)cc21.c1ccc(-c2nc(-c3cccc(-n4c5ccccc5c5ccc(-c6cccc7sc8ccccc8c67)cc54)c3)nc(-c3cccc4c3-c3ccccc3C43c4ccccc4-c4ccccc43)n2)cc1. The molecule has 3 aliphatic carbocycles. The van der Waals surface area contributed by atoms with E-state index in [0.717, 1.165) is 72.4 Å². The third-order valence-corrected chi connectivity index (χ3v) is 29.2. The van der Waals surface area contributed by atoms with Crippen LogP contribution in [-0.2, 0) is 10.8 Å². The van der Waals surface area contributed by atoms with Crippen LogP contribution < -0.4 is 0 Å². The number of aromatic nitrogens is 8. The monoisotopic (exact) mass is 1670 g/mol. The lowest BCUT2D eigenvalue weighted by molar-refractivity contribution is 0.660. The number of thiophene rings is 2. The summed E-state index contributed by atoms with van der Waals surface area (Å²) in [5.41, 5.74) is 31.9. The lowest BCUT2D eigenvalue weighted by Crippen LogP contribution is -2.25. The Labute approximate surface area is 746 Å². The minimum Gasteiger partial charge on any atom is -0.309 e. The maximum absolute atomic E-state index is 5.47.